The number of carbonyl (C=O) groups is 1. The Balaban J connectivity index is 1.92. The molecule has 1 aromatic carbocycles. The number of nitrogens with zero attached hydrogens (tertiary/aromatic N) is 3. The van der Waals surface area contributed by atoms with E-state index in [2.05, 4.69) is 53.3 Å². The molecule has 1 N–H and O–H groups in total. The molecule has 2 rings (SSSR count). The van der Waals surface area contributed by atoms with Crippen LogP contribution in [0.4, 0.5) is 5.69 Å². The number of amides is 1. The van der Waals surface area contributed by atoms with Crippen molar-refractivity contribution < 1.29 is 9.21 Å². The van der Waals surface area contributed by atoms with E-state index in [1.54, 1.807) is 0 Å². The van der Waals surface area contributed by atoms with Crippen molar-refractivity contribution in [1.82, 2.24) is 15.5 Å². The van der Waals surface area contributed by atoms with Crippen molar-refractivity contribution in [2.75, 3.05) is 23.7 Å². The lowest BCUT2D eigenvalue weighted by atomic mass is 10.2. The maximum absolute atomic E-state index is 11.9. The first kappa shape index (κ1) is 20.3. The van der Waals surface area contributed by atoms with E-state index in [1.165, 1.54) is 17.4 Å². The summed E-state index contributed by atoms with van der Waals surface area (Å²) in [5.74, 6) is 0.731. The SMILES string of the molecule is CCCC(C)NC(=O)CSc1nnc(-c2ccc(N(CC)CC)cc2)o1. The van der Waals surface area contributed by atoms with Gasteiger partial charge in [0, 0.05) is 30.4 Å². The molecular formula is C19H28N4O2S. The highest BCUT2D eigenvalue weighted by atomic mass is 32.2. The van der Waals surface area contributed by atoms with Gasteiger partial charge in [-0.05, 0) is 51.5 Å². The second-order valence-corrected chi connectivity index (χ2v) is 7.06. The molecule has 0 aliphatic heterocycles. The minimum atomic E-state index is -0.0146. The average molecular weight is 377 g/mol. The Morgan fingerprint density at radius 3 is 2.50 bits per heavy atom. The van der Waals surface area contributed by atoms with Gasteiger partial charge in [0.25, 0.3) is 5.22 Å². The van der Waals surface area contributed by atoms with E-state index in [-0.39, 0.29) is 17.7 Å². The molecule has 0 saturated heterocycles. The summed E-state index contributed by atoms with van der Waals surface area (Å²) in [7, 11) is 0. The lowest BCUT2D eigenvalue weighted by Crippen LogP contribution is -2.33. The van der Waals surface area contributed by atoms with Crippen molar-refractivity contribution in [2.24, 2.45) is 0 Å². The van der Waals surface area contributed by atoms with Crippen molar-refractivity contribution in [2.45, 2.75) is 51.8 Å². The first-order chi connectivity index (χ1) is 12.6. The fraction of sp³-hybridized carbons (Fsp3) is 0.526. The highest BCUT2D eigenvalue weighted by molar-refractivity contribution is 7.99. The molecule has 1 heterocycles. The molecule has 1 aromatic heterocycles. The minimum absolute atomic E-state index is 0.0146. The second kappa shape index (κ2) is 10.2. The van der Waals surface area contributed by atoms with Crippen LogP contribution in [0.25, 0.3) is 11.5 Å². The Kier molecular flexibility index (Phi) is 7.97. The zero-order valence-corrected chi connectivity index (χ0v) is 16.8. The standard InChI is InChI=1S/C19H28N4O2S/c1-5-8-14(4)20-17(24)13-26-19-22-21-18(25-19)15-9-11-16(12-10-15)23(6-2)7-3/h9-12,14H,5-8,13H2,1-4H3,(H,20,24). The number of hydrogen-bond acceptors (Lipinski definition) is 6. The third-order valence-corrected chi connectivity index (χ3v) is 4.92. The van der Waals surface area contributed by atoms with E-state index in [1.807, 2.05) is 19.1 Å². The van der Waals surface area contributed by atoms with Gasteiger partial charge in [0.05, 0.1) is 5.75 Å². The summed E-state index contributed by atoms with van der Waals surface area (Å²) in [5, 5.41) is 11.5. The summed E-state index contributed by atoms with van der Waals surface area (Å²) in [6.45, 7) is 10.3. The van der Waals surface area contributed by atoms with E-state index < -0.39 is 0 Å². The Morgan fingerprint density at radius 2 is 1.88 bits per heavy atom. The molecule has 0 fully saturated rings. The smallest absolute Gasteiger partial charge is 0.277 e. The number of rotatable bonds is 10. The molecule has 1 atom stereocenters. The first-order valence-electron chi connectivity index (χ1n) is 9.18. The minimum Gasteiger partial charge on any atom is -0.411 e. The third kappa shape index (κ3) is 5.76. The fourth-order valence-electron chi connectivity index (χ4n) is 2.74. The maximum atomic E-state index is 11.9. The summed E-state index contributed by atoms with van der Waals surface area (Å²) in [6, 6.07) is 8.27. The summed E-state index contributed by atoms with van der Waals surface area (Å²) in [5.41, 5.74) is 2.05. The van der Waals surface area contributed by atoms with Crippen LogP contribution in [0.1, 0.15) is 40.5 Å². The Morgan fingerprint density at radius 1 is 1.19 bits per heavy atom. The number of aromatic nitrogens is 2. The van der Waals surface area contributed by atoms with Crippen LogP contribution in [0.5, 0.6) is 0 Å². The predicted octanol–water partition coefficient (Wildman–Crippen LogP) is 3.98. The molecule has 0 aliphatic carbocycles. The quantitative estimate of drug-likeness (QED) is 0.633. The second-order valence-electron chi connectivity index (χ2n) is 6.14. The van der Waals surface area contributed by atoms with E-state index in [0.717, 1.165) is 31.5 Å². The van der Waals surface area contributed by atoms with Gasteiger partial charge in [-0.2, -0.15) is 0 Å². The van der Waals surface area contributed by atoms with E-state index in [4.69, 9.17) is 4.42 Å². The van der Waals surface area contributed by atoms with Crippen LogP contribution in [0.15, 0.2) is 33.9 Å². The molecule has 26 heavy (non-hydrogen) atoms. The molecule has 0 bridgehead atoms. The van der Waals surface area contributed by atoms with Gasteiger partial charge in [0.15, 0.2) is 0 Å². The van der Waals surface area contributed by atoms with Gasteiger partial charge in [-0.15, -0.1) is 10.2 Å². The van der Waals surface area contributed by atoms with E-state index in [9.17, 15) is 4.79 Å². The molecule has 1 unspecified atom stereocenters. The number of carbonyl (C=O) groups excluding carboxylic acids is 1. The molecule has 6 nitrogen and oxygen atoms in total. The molecule has 0 spiro atoms. The normalized spacial score (nSPS) is 12.0. The van der Waals surface area contributed by atoms with Crippen LogP contribution < -0.4 is 10.2 Å². The van der Waals surface area contributed by atoms with Gasteiger partial charge in [0.1, 0.15) is 0 Å². The van der Waals surface area contributed by atoms with Gasteiger partial charge in [-0.25, -0.2) is 0 Å². The number of benzene rings is 1. The van der Waals surface area contributed by atoms with Crippen LogP contribution in [0.2, 0.25) is 0 Å². The molecule has 142 valence electrons. The zero-order valence-electron chi connectivity index (χ0n) is 16.0. The zero-order chi connectivity index (χ0) is 18.9. The van der Waals surface area contributed by atoms with Crippen LogP contribution in [0, 0.1) is 0 Å². The van der Waals surface area contributed by atoms with Crippen LogP contribution in [-0.2, 0) is 4.79 Å². The summed E-state index contributed by atoms with van der Waals surface area (Å²) < 4.78 is 5.67. The van der Waals surface area contributed by atoms with Crippen LogP contribution >= 0.6 is 11.8 Å². The van der Waals surface area contributed by atoms with Gasteiger partial charge < -0.3 is 14.6 Å². The monoisotopic (exact) mass is 376 g/mol. The van der Waals surface area contributed by atoms with Gasteiger partial charge in [0.2, 0.25) is 11.8 Å². The molecule has 0 radical (unpaired) electrons. The van der Waals surface area contributed by atoms with Crippen molar-refractivity contribution in [3.63, 3.8) is 0 Å². The van der Waals surface area contributed by atoms with E-state index in [0.29, 0.717) is 11.1 Å². The lowest BCUT2D eigenvalue weighted by Gasteiger charge is -2.20. The maximum Gasteiger partial charge on any atom is 0.277 e. The van der Waals surface area contributed by atoms with Crippen molar-refractivity contribution in [3.8, 4) is 11.5 Å². The highest BCUT2D eigenvalue weighted by Crippen LogP contribution is 2.25. The Labute approximate surface area is 159 Å². The molecule has 0 saturated carbocycles. The third-order valence-electron chi connectivity index (χ3n) is 4.11. The Bertz CT molecular complexity index is 683. The largest absolute Gasteiger partial charge is 0.411 e. The van der Waals surface area contributed by atoms with Gasteiger partial charge in [-0.3, -0.25) is 4.79 Å². The molecule has 2 aromatic rings. The van der Waals surface area contributed by atoms with Crippen LogP contribution in [-0.4, -0.2) is 41.0 Å². The van der Waals surface area contributed by atoms with E-state index >= 15 is 0 Å². The van der Waals surface area contributed by atoms with Crippen molar-refractivity contribution in [1.29, 1.82) is 0 Å². The summed E-state index contributed by atoms with van der Waals surface area (Å²) >= 11 is 1.26. The van der Waals surface area contributed by atoms with Gasteiger partial charge in [-0.1, -0.05) is 25.1 Å². The molecular weight excluding hydrogens is 348 g/mol. The first-order valence-corrected chi connectivity index (χ1v) is 10.2. The van der Waals surface area contributed by atoms with Crippen LogP contribution in [0.3, 0.4) is 0 Å². The molecule has 7 heteroatoms. The van der Waals surface area contributed by atoms with Crippen molar-refractivity contribution >= 4 is 23.4 Å². The van der Waals surface area contributed by atoms with Gasteiger partial charge >= 0.3 is 0 Å². The molecule has 0 aliphatic rings. The number of thioether (sulfide) groups is 1. The molecule has 1 amide bonds. The fourth-order valence-corrected chi connectivity index (χ4v) is 3.31. The Hall–Kier alpha value is -2.02. The lowest BCUT2D eigenvalue weighted by molar-refractivity contribution is -0.119. The topological polar surface area (TPSA) is 71.3 Å². The number of hydrogen-bond donors (Lipinski definition) is 1. The predicted molar refractivity (Wildman–Crippen MR) is 107 cm³/mol. The summed E-state index contributed by atoms with van der Waals surface area (Å²) in [4.78, 5) is 14.2. The number of anilines is 1. The highest BCUT2D eigenvalue weighted by Gasteiger charge is 2.13. The average Bonchev–Trinajstić information content (AvgIpc) is 3.11. The summed E-state index contributed by atoms with van der Waals surface area (Å²) in [6.07, 6.45) is 2.03. The van der Waals surface area contributed by atoms with Crippen molar-refractivity contribution in [3.05, 3.63) is 24.3 Å². The number of nitrogens with one attached hydrogen (secondary N) is 1.